The summed E-state index contributed by atoms with van der Waals surface area (Å²) in [5.74, 6) is 0.690. The molecular formula is C27H39NO6. The lowest BCUT2D eigenvalue weighted by Crippen LogP contribution is -2.49. The first kappa shape index (κ1) is 26.0. The number of methoxy groups -OCH3 is 1. The largest absolute Gasteiger partial charge is 0.493 e. The van der Waals surface area contributed by atoms with Crippen molar-refractivity contribution in [2.24, 2.45) is 22.7 Å². The summed E-state index contributed by atoms with van der Waals surface area (Å²) in [5, 5.41) is 2.69. The van der Waals surface area contributed by atoms with Crippen molar-refractivity contribution in [3.63, 3.8) is 0 Å². The van der Waals surface area contributed by atoms with Gasteiger partial charge in [-0.3, -0.25) is 0 Å². The summed E-state index contributed by atoms with van der Waals surface area (Å²) < 4.78 is 16.8. The SMILES string of the molecule is COc1cc(CCC(C)=O)ccc1OC(=O)N[C@H](C(=O)O[C@@H]1C[C@@H]2CC[C@]1(C)C2(C)C)C(C)C. The quantitative estimate of drug-likeness (QED) is 0.503. The molecule has 2 fully saturated rings. The summed E-state index contributed by atoms with van der Waals surface area (Å²) in [6, 6.07) is 4.35. The Morgan fingerprint density at radius 3 is 2.38 bits per heavy atom. The number of benzene rings is 1. The molecule has 2 saturated carbocycles. The van der Waals surface area contributed by atoms with Crippen molar-refractivity contribution in [1.29, 1.82) is 0 Å². The third-order valence-electron chi connectivity index (χ3n) is 8.36. The first-order valence-corrected chi connectivity index (χ1v) is 12.2. The molecule has 188 valence electrons. The van der Waals surface area contributed by atoms with Crippen molar-refractivity contribution in [3.8, 4) is 11.5 Å². The summed E-state index contributed by atoms with van der Waals surface area (Å²) in [7, 11) is 1.49. The fourth-order valence-corrected chi connectivity index (χ4v) is 5.55. The zero-order valence-corrected chi connectivity index (χ0v) is 21.5. The maximum absolute atomic E-state index is 13.1. The van der Waals surface area contributed by atoms with Gasteiger partial charge in [0.25, 0.3) is 0 Å². The van der Waals surface area contributed by atoms with Crippen LogP contribution in [0.1, 0.15) is 72.8 Å². The Kier molecular flexibility index (Phi) is 7.63. The average molecular weight is 474 g/mol. The molecule has 2 bridgehead atoms. The number of fused-ring (bicyclic) bond motifs is 2. The lowest BCUT2D eigenvalue weighted by atomic mass is 9.70. The number of esters is 1. The molecule has 2 aliphatic rings. The van der Waals surface area contributed by atoms with E-state index in [2.05, 4.69) is 26.1 Å². The lowest BCUT2D eigenvalue weighted by molar-refractivity contribution is -0.160. The highest BCUT2D eigenvalue weighted by Crippen LogP contribution is 2.66. The van der Waals surface area contributed by atoms with E-state index in [1.807, 2.05) is 13.8 Å². The van der Waals surface area contributed by atoms with Gasteiger partial charge in [-0.25, -0.2) is 9.59 Å². The van der Waals surface area contributed by atoms with Gasteiger partial charge in [-0.1, -0.05) is 40.7 Å². The molecule has 4 atom stereocenters. The molecule has 7 nitrogen and oxygen atoms in total. The van der Waals surface area contributed by atoms with E-state index in [4.69, 9.17) is 14.2 Å². The Morgan fingerprint density at radius 2 is 1.85 bits per heavy atom. The Hall–Kier alpha value is -2.57. The summed E-state index contributed by atoms with van der Waals surface area (Å²) in [6.45, 7) is 12.0. The number of ketones is 1. The summed E-state index contributed by atoms with van der Waals surface area (Å²) in [5.41, 5.74) is 0.989. The van der Waals surface area contributed by atoms with E-state index in [-0.39, 0.29) is 34.4 Å². The van der Waals surface area contributed by atoms with Crippen molar-refractivity contribution in [3.05, 3.63) is 23.8 Å². The number of ether oxygens (including phenoxy) is 3. The fourth-order valence-electron chi connectivity index (χ4n) is 5.55. The van der Waals surface area contributed by atoms with Gasteiger partial charge in [0.2, 0.25) is 0 Å². The predicted molar refractivity (Wildman–Crippen MR) is 129 cm³/mol. The number of hydrogen-bond donors (Lipinski definition) is 1. The molecule has 1 aromatic carbocycles. The molecule has 34 heavy (non-hydrogen) atoms. The van der Waals surface area contributed by atoms with Gasteiger partial charge in [-0.05, 0) is 67.6 Å². The van der Waals surface area contributed by atoms with Crippen LogP contribution in [0, 0.1) is 22.7 Å². The molecule has 1 N–H and O–H groups in total. The molecule has 0 radical (unpaired) electrons. The molecule has 0 heterocycles. The molecule has 7 heteroatoms. The van der Waals surface area contributed by atoms with Gasteiger partial charge in [0.1, 0.15) is 17.9 Å². The van der Waals surface area contributed by atoms with Gasteiger partial charge in [-0.2, -0.15) is 0 Å². The first-order chi connectivity index (χ1) is 15.9. The van der Waals surface area contributed by atoms with Crippen molar-refractivity contribution < 1.29 is 28.6 Å². The maximum Gasteiger partial charge on any atom is 0.413 e. The van der Waals surface area contributed by atoms with Crippen LogP contribution in [0.3, 0.4) is 0 Å². The van der Waals surface area contributed by atoms with Crippen molar-refractivity contribution in [2.75, 3.05) is 7.11 Å². The van der Waals surface area contributed by atoms with E-state index in [0.717, 1.165) is 18.4 Å². The van der Waals surface area contributed by atoms with Crippen LogP contribution in [0.2, 0.25) is 0 Å². The third kappa shape index (κ3) is 5.08. The normalized spacial score (nSPS) is 25.6. The molecule has 0 spiro atoms. The molecule has 1 aromatic rings. The second-order valence-electron chi connectivity index (χ2n) is 11.0. The zero-order valence-electron chi connectivity index (χ0n) is 21.5. The minimum Gasteiger partial charge on any atom is -0.493 e. The minimum absolute atomic E-state index is 0.0487. The molecule has 1 amide bonds. The van der Waals surface area contributed by atoms with Gasteiger partial charge in [0.05, 0.1) is 7.11 Å². The van der Waals surface area contributed by atoms with E-state index < -0.39 is 18.1 Å². The van der Waals surface area contributed by atoms with Gasteiger partial charge < -0.3 is 24.3 Å². The smallest absolute Gasteiger partial charge is 0.413 e. The molecule has 2 aliphatic carbocycles. The fraction of sp³-hybridized carbons (Fsp3) is 0.667. The number of hydrogen-bond acceptors (Lipinski definition) is 6. The Labute approximate surface area is 202 Å². The van der Waals surface area contributed by atoms with Crippen LogP contribution < -0.4 is 14.8 Å². The number of Topliss-reactive ketones (excluding diaryl/α,β-unsaturated/α-hetero) is 1. The molecule has 0 aromatic heterocycles. The molecule has 0 aliphatic heterocycles. The minimum atomic E-state index is -0.820. The zero-order chi connectivity index (χ0) is 25.3. The number of amides is 1. The second kappa shape index (κ2) is 9.96. The number of aryl methyl sites for hydroxylation is 1. The summed E-state index contributed by atoms with van der Waals surface area (Å²) in [6.07, 6.45) is 3.22. The van der Waals surface area contributed by atoms with E-state index >= 15 is 0 Å². The van der Waals surface area contributed by atoms with Crippen LogP contribution in [-0.2, 0) is 20.7 Å². The van der Waals surface area contributed by atoms with Gasteiger partial charge in [0, 0.05) is 11.8 Å². The molecular weight excluding hydrogens is 434 g/mol. The van der Waals surface area contributed by atoms with E-state index in [1.165, 1.54) is 13.5 Å². The van der Waals surface area contributed by atoms with Crippen molar-refractivity contribution in [1.82, 2.24) is 5.32 Å². The summed E-state index contributed by atoms with van der Waals surface area (Å²) >= 11 is 0. The third-order valence-corrected chi connectivity index (χ3v) is 8.36. The predicted octanol–water partition coefficient (Wildman–Crippen LogP) is 5.09. The number of nitrogens with one attached hydrogen (secondary N) is 1. The van der Waals surface area contributed by atoms with Crippen molar-refractivity contribution >= 4 is 17.8 Å². The van der Waals surface area contributed by atoms with Crippen LogP contribution in [0.15, 0.2) is 18.2 Å². The second-order valence-corrected chi connectivity index (χ2v) is 11.0. The van der Waals surface area contributed by atoms with Gasteiger partial charge in [-0.15, -0.1) is 0 Å². The number of carbonyl (C=O) groups is 3. The molecule has 3 rings (SSSR count). The van der Waals surface area contributed by atoms with Crippen molar-refractivity contribution in [2.45, 2.75) is 85.8 Å². The monoisotopic (exact) mass is 473 g/mol. The Balaban J connectivity index is 1.64. The number of rotatable bonds is 9. The average Bonchev–Trinajstić information content (AvgIpc) is 3.10. The Bertz CT molecular complexity index is 939. The van der Waals surface area contributed by atoms with Crippen LogP contribution in [0.4, 0.5) is 4.79 Å². The highest BCUT2D eigenvalue weighted by atomic mass is 16.6. The number of carbonyl (C=O) groups excluding carboxylic acids is 3. The first-order valence-electron chi connectivity index (χ1n) is 12.2. The molecule has 0 unspecified atom stereocenters. The highest BCUT2D eigenvalue weighted by Gasteiger charge is 2.63. The van der Waals surface area contributed by atoms with Crippen LogP contribution in [0.5, 0.6) is 11.5 Å². The summed E-state index contributed by atoms with van der Waals surface area (Å²) in [4.78, 5) is 37.0. The van der Waals surface area contributed by atoms with Crippen LogP contribution in [0.25, 0.3) is 0 Å². The van der Waals surface area contributed by atoms with Gasteiger partial charge >= 0.3 is 12.1 Å². The van der Waals surface area contributed by atoms with Crippen LogP contribution in [-0.4, -0.2) is 37.1 Å². The topological polar surface area (TPSA) is 90.9 Å². The van der Waals surface area contributed by atoms with Gasteiger partial charge in [0.15, 0.2) is 11.5 Å². The van der Waals surface area contributed by atoms with E-state index in [9.17, 15) is 14.4 Å². The highest BCUT2D eigenvalue weighted by molar-refractivity contribution is 5.82. The maximum atomic E-state index is 13.1. The molecule has 0 saturated heterocycles. The van der Waals surface area contributed by atoms with E-state index in [1.54, 1.807) is 25.1 Å². The van der Waals surface area contributed by atoms with Crippen LogP contribution >= 0.6 is 0 Å². The standard InChI is InChI=1S/C27H39NO6/c1-16(2)23(24(30)34-22-15-19-12-13-27(22,6)26(19,4)5)28-25(31)33-20-11-10-18(9-8-17(3)29)14-21(20)32-7/h10-11,14,16,19,22-23H,8-9,12-13,15H2,1-7H3,(H,28,31)/t19-,22+,23-,27-/m0/s1. The Morgan fingerprint density at radius 1 is 1.15 bits per heavy atom. The van der Waals surface area contributed by atoms with E-state index in [0.29, 0.717) is 24.5 Å². The lowest BCUT2D eigenvalue weighted by Gasteiger charge is -2.39.